The minimum absolute atomic E-state index is 0.247. The standard InChI is InChI=1S/C12H22N2O3/c1-4-12(3,5-2)13-11(17)14-8-6-7-9(14)10(15)16/h9H,4-8H2,1-3H3,(H,13,17)(H,15,16). The van der Waals surface area contributed by atoms with Crippen LogP contribution < -0.4 is 5.32 Å². The first-order chi connectivity index (χ1) is 7.93. The van der Waals surface area contributed by atoms with E-state index in [0.29, 0.717) is 13.0 Å². The summed E-state index contributed by atoms with van der Waals surface area (Å²) in [5.74, 6) is -0.910. The molecule has 5 nitrogen and oxygen atoms in total. The molecule has 0 spiro atoms. The van der Waals surface area contributed by atoms with Crippen LogP contribution >= 0.6 is 0 Å². The number of hydrogen-bond donors (Lipinski definition) is 2. The summed E-state index contributed by atoms with van der Waals surface area (Å²) in [7, 11) is 0. The molecule has 1 unspecified atom stereocenters. The Morgan fingerprint density at radius 2 is 2.00 bits per heavy atom. The minimum atomic E-state index is -0.910. The molecule has 1 saturated heterocycles. The van der Waals surface area contributed by atoms with Crippen molar-refractivity contribution < 1.29 is 14.7 Å². The number of urea groups is 1. The van der Waals surface area contributed by atoms with Crippen molar-refractivity contribution >= 4 is 12.0 Å². The largest absolute Gasteiger partial charge is 0.480 e. The summed E-state index contributed by atoms with van der Waals surface area (Å²) in [5, 5.41) is 12.0. The Bertz CT molecular complexity index is 300. The third-order valence-electron chi connectivity index (χ3n) is 3.77. The maximum atomic E-state index is 12.0. The molecule has 0 aromatic carbocycles. The Hall–Kier alpha value is -1.26. The normalized spacial score (nSPS) is 20.4. The van der Waals surface area contributed by atoms with E-state index in [9.17, 15) is 9.59 Å². The lowest BCUT2D eigenvalue weighted by Crippen LogP contribution is -2.53. The topological polar surface area (TPSA) is 69.6 Å². The van der Waals surface area contributed by atoms with Gasteiger partial charge in [0.25, 0.3) is 0 Å². The van der Waals surface area contributed by atoms with Crippen LogP contribution in [0.3, 0.4) is 0 Å². The Labute approximate surface area is 102 Å². The van der Waals surface area contributed by atoms with E-state index in [0.717, 1.165) is 19.3 Å². The molecule has 1 aliphatic heterocycles. The van der Waals surface area contributed by atoms with Gasteiger partial charge in [0.2, 0.25) is 0 Å². The van der Waals surface area contributed by atoms with Gasteiger partial charge in [-0.1, -0.05) is 13.8 Å². The minimum Gasteiger partial charge on any atom is -0.480 e. The molecule has 0 aliphatic carbocycles. The zero-order valence-corrected chi connectivity index (χ0v) is 10.8. The smallest absolute Gasteiger partial charge is 0.326 e. The lowest BCUT2D eigenvalue weighted by atomic mass is 9.96. The SMILES string of the molecule is CCC(C)(CC)NC(=O)N1CCCC1C(=O)O. The van der Waals surface area contributed by atoms with E-state index in [1.54, 1.807) is 0 Å². The number of nitrogens with zero attached hydrogens (tertiary/aromatic N) is 1. The maximum absolute atomic E-state index is 12.0. The molecule has 0 bridgehead atoms. The van der Waals surface area contributed by atoms with Crippen LogP contribution in [0.15, 0.2) is 0 Å². The van der Waals surface area contributed by atoms with Crippen molar-refractivity contribution in [3.8, 4) is 0 Å². The van der Waals surface area contributed by atoms with Gasteiger partial charge in [-0.05, 0) is 32.6 Å². The van der Waals surface area contributed by atoms with E-state index in [-0.39, 0.29) is 11.6 Å². The van der Waals surface area contributed by atoms with Crippen LogP contribution in [0.5, 0.6) is 0 Å². The number of carboxylic acid groups (broad SMARTS) is 1. The highest BCUT2D eigenvalue weighted by molar-refractivity contribution is 5.83. The molecule has 98 valence electrons. The first kappa shape index (κ1) is 13.8. The highest BCUT2D eigenvalue weighted by Gasteiger charge is 2.36. The van der Waals surface area contributed by atoms with Crippen LogP contribution in [-0.4, -0.2) is 40.1 Å². The van der Waals surface area contributed by atoms with E-state index in [4.69, 9.17) is 5.11 Å². The molecule has 2 N–H and O–H groups in total. The second-order valence-electron chi connectivity index (χ2n) is 4.89. The van der Waals surface area contributed by atoms with Gasteiger partial charge in [-0.2, -0.15) is 0 Å². The highest BCUT2D eigenvalue weighted by atomic mass is 16.4. The van der Waals surface area contributed by atoms with Gasteiger partial charge >= 0.3 is 12.0 Å². The molecular formula is C12H22N2O3. The fraction of sp³-hybridized carbons (Fsp3) is 0.833. The van der Waals surface area contributed by atoms with Gasteiger partial charge in [0.15, 0.2) is 0 Å². The Kier molecular flexibility index (Phi) is 4.37. The summed E-state index contributed by atoms with van der Waals surface area (Å²) in [6.07, 6.45) is 2.98. The molecule has 5 heteroatoms. The molecule has 0 saturated carbocycles. The summed E-state index contributed by atoms with van der Waals surface area (Å²) in [5.41, 5.74) is -0.247. The van der Waals surface area contributed by atoms with Gasteiger partial charge in [0.05, 0.1) is 0 Å². The van der Waals surface area contributed by atoms with E-state index in [1.807, 2.05) is 20.8 Å². The van der Waals surface area contributed by atoms with Gasteiger partial charge in [0, 0.05) is 12.1 Å². The number of carboxylic acids is 1. The molecule has 1 atom stereocenters. The average Bonchev–Trinajstić information content (AvgIpc) is 2.77. The molecule has 0 aromatic heterocycles. The third kappa shape index (κ3) is 3.11. The number of carbonyl (C=O) groups is 2. The first-order valence-electron chi connectivity index (χ1n) is 6.25. The van der Waals surface area contributed by atoms with Gasteiger partial charge in [0.1, 0.15) is 6.04 Å². The van der Waals surface area contributed by atoms with E-state index in [2.05, 4.69) is 5.32 Å². The fourth-order valence-electron chi connectivity index (χ4n) is 2.02. The van der Waals surface area contributed by atoms with Crippen molar-refractivity contribution in [3.63, 3.8) is 0 Å². The summed E-state index contributed by atoms with van der Waals surface area (Å²) in [4.78, 5) is 24.5. The van der Waals surface area contributed by atoms with Crippen LogP contribution in [0.4, 0.5) is 4.79 Å². The summed E-state index contributed by atoms with van der Waals surface area (Å²) in [6.45, 7) is 6.55. The zero-order chi connectivity index (χ0) is 13.1. The maximum Gasteiger partial charge on any atom is 0.326 e. The molecular weight excluding hydrogens is 220 g/mol. The van der Waals surface area contributed by atoms with Crippen molar-refractivity contribution in [1.29, 1.82) is 0 Å². The van der Waals surface area contributed by atoms with Crippen LogP contribution in [0.2, 0.25) is 0 Å². The van der Waals surface area contributed by atoms with Gasteiger partial charge in [-0.15, -0.1) is 0 Å². The van der Waals surface area contributed by atoms with Crippen molar-refractivity contribution in [2.75, 3.05) is 6.54 Å². The molecule has 1 rings (SSSR count). The number of aliphatic carboxylic acids is 1. The van der Waals surface area contributed by atoms with Crippen LogP contribution in [0, 0.1) is 0 Å². The first-order valence-corrected chi connectivity index (χ1v) is 6.25. The molecule has 0 aromatic rings. The van der Waals surface area contributed by atoms with Crippen molar-refractivity contribution in [2.24, 2.45) is 0 Å². The van der Waals surface area contributed by atoms with Gasteiger partial charge < -0.3 is 15.3 Å². The second kappa shape index (κ2) is 5.38. The fourth-order valence-corrected chi connectivity index (χ4v) is 2.02. The van der Waals surface area contributed by atoms with E-state index in [1.165, 1.54) is 4.90 Å². The molecule has 1 fully saturated rings. The number of carbonyl (C=O) groups excluding carboxylic acids is 1. The van der Waals surface area contributed by atoms with Crippen LogP contribution in [0.25, 0.3) is 0 Å². The van der Waals surface area contributed by atoms with Crippen molar-refractivity contribution in [2.45, 2.75) is 58.0 Å². The van der Waals surface area contributed by atoms with Crippen molar-refractivity contribution in [3.05, 3.63) is 0 Å². The molecule has 17 heavy (non-hydrogen) atoms. The Morgan fingerprint density at radius 1 is 1.41 bits per heavy atom. The molecule has 2 amide bonds. The average molecular weight is 242 g/mol. The number of amides is 2. The van der Waals surface area contributed by atoms with Gasteiger partial charge in [-0.25, -0.2) is 9.59 Å². The predicted octanol–water partition coefficient (Wildman–Crippen LogP) is 1.82. The van der Waals surface area contributed by atoms with Crippen molar-refractivity contribution in [1.82, 2.24) is 10.2 Å². The number of rotatable bonds is 4. The summed E-state index contributed by atoms with van der Waals surface area (Å²) < 4.78 is 0. The molecule has 1 heterocycles. The molecule has 0 radical (unpaired) electrons. The summed E-state index contributed by atoms with van der Waals surface area (Å²) >= 11 is 0. The van der Waals surface area contributed by atoms with E-state index >= 15 is 0 Å². The number of hydrogen-bond acceptors (Lipinski definition) is 2. The lowest BCUT2D eigenvalue weighted by molar-refractivity contribution is -0.141. The number of nitrogens with one attached hydrogen (secondary N) is 1. The quantitative estimate of drug-likeness (QED) is 0.790. The monoisotopic (exact) mass is 242 g/mol. The number of likely N-dealkylation sites (tertiary alicyclic amines) is 1. The van der Waals surface area contributed by atoms with Crippen LogP contribution in [-0.2, 0) is 4.79 Å². The third-order valence-corrected chi connectivity index (χ3v) is 3.77. The Morgan fingerprint density at radius 3 is 2.47 bits per heavy atom. The van der Waals surface area contributed by atoms with Crippen LogP contribution in [0.1, 0.15) is 46.5 Å². The zero-order valence-electron chi connectivity index (χ0n) is 10.8. The lowest BCUT2D eigenvalue weighted by Gasteiger charge is -2.32. The highest BCUT2D eigenvalue weighted by Crippen LogP contribution is 2.20. The summed E-state index contributed by atoms with van der Waals surface area (Å²) in [6, 6.07) is -0.908. The molecule has 1 aliphatic rings. The van der Waals surface area contributed by atoms with E-state index < -0.39 is 12.0 Å². The Balaban J connectivity index is 2.67. The second-order valence-corrected chi connectivity index (χ2v) is 4.89. The van der Waals surface area contributed by atoms with Gasteiger partial charge in [-0.3, -0.25) is 0 Å². The predicted molar refractivity (Wildman–Crippen MR) is 64.9 cm³/mol.